The Hall–Kier alpha value is -1.40. The van der Waals surface area contributed by atoms with Gasteiger partial charge in [-0.1, -0.05) is 6.92 Å². The molecule has 2 aromatic heterocycles. The number of aryl methyl sites for hydroxylation is 3. The molecule has 0 fully saturated rings. The molecule has 0 saturated carbocycles. The fraction of sp³-hybridized carbons (Fsp3) is 0.529. The second-order valence-electron chi connectivity index (χ2n) is 5.33. The average Bonchev–Trinajstić information content (AvgIpc) is 3.17. The summed E-state index contributed by atoms with van der Waals surface area (Å²) in [4.78, 5) is 11.9. The summed E-state index contributed by atoms with van der Waals surface area (Å²) in [6.07, 6.45) is 3.19. The first-order chi connectivity index (χ1) is 11.2. The molecule has 2 heterocycles. The third-order valence-corrected chi connectivity index (χ3v) is 5.57. The van der Waals surface area contributed by atoms with E-state index in [0.29, 0.717) is 0 Å². The van der Waals surface area contributed by atoms with Crippen LogP contribution in [-0.2, 0) is 19.4 Å². The van der Waals surface area contributed by atoms with E-state index in [1.54, 1.807) is 11.3 Å². The Morgan fingerprint density at radius 2 is 2.04 bits per heavy atom. The number of nitrogens with one attached hydrogen (secondary N) is 2. The number of rotatable bonds is 8. The normalized spacial score (nSPS) is 11.7. The highest BCUT2D eigenvalue weighted by molar-refractivity contribution is 7.12. The van der Waals surface area contributed by atoms with Crippen LogP contribution in [0.25, 0.3) is 0 Å². The van der Waals surface area contributed by atoms with Gasteiger partial charge in [0, 0.05) is 40.3 Å². The molecule has 2 aromatic rings. The molecule has 0 aliphatic heterocycles. The van der Waals surface area contributed by atoms with Crippen LogP contribution < -0.4 is 10.6 Å². The smallest absolute Gasteiger partial charge is 0.191 e. The van der Waals surface area contributed by atoms with Crippen molar-refractivity contribution in [2.24, 2.45) is 4.99 Å². The zero-order valence-electron chi connectivity index (χ0n) is 14.2. The van der Waals surface area contributed by atoms with Crippen molar-refractivity contribution in [1.29, 1.82) is 0 Å². The first-order valence-electron chi connectivity index (χ1n) is 8.22. The van der Waals surface area contributed by atoms with Gasteiger partial charge in [0.05, 0.1) is 11.6 Å². The fourth-order valence-electron chi connectivity index (χ4n) is 2.16. The van der Waals surface area contributed by atoms with Crippen LogP contribution in [0.4, 0.5) is 0 Å². The lowest BCUT2D eigenvalue weighted by Crippen LogP contribution is -2.37. The Balaban J connectivity index is 1.76. The minimum absolute atomic E-state index is 0.742. The molecular weight excluding hydrogens is 324 g/mol. The highest BCUT2D eigenvalue weighted by atomic mass is 32.1. The first kappa shape index (κ1) is 17.9. The van der Waals surface area contributed by atoms with Crippen LogP contribution in [0, 0.1) is 6.92 Å². The van der Waals surface area contributed by atoms with E-state index in [1.165, 1.54) is 14.8 Å². The standard InChI is InChI=1S/C17H26N4S2/c1-4-14-8-9-15(23-14)11-20-17(18-5-2)19-10-6-7-16-21-13(3)12-22-16/h8-9,12H,4-7,10-11H2,1-3H3,(H2,18,19,20). The van der Waals surface area contributed by atoms with Crippen LogP contribution in [-0.4, -0.2) is 24.0 Å². The molecule has 0 amide bonds. The molecule has 0 radical (unpaired) electrons. The van der Waals surface area contributed by atoms with Crippen LogP contribution in [0.3, 0.4) is 0 Å². The largest absolute Gasteiger partial charge is 0.357 e. The number of hydrogen-bond donors (Lipinski definition) is 2. The molecule has 0 atom stereocenters. The molecule has 0 aliphatic rings. The Bertz CT molecular complexity index is 616. The Morgan fingerprint density at radius 3 is 2.70 bits per heavy atom. The molecule has 0 saturated heterocycles. The van der Waals surface area contributed by atoms with Crippen LogP contribution in [0.5, 0.6) is 0 Å². The lowest BCUT2D eigenvalue weighted by molar-refractivity contribution is 0.741. The third-order valence-electron chi connectivity index (χ3n) is 3.33. The summed E-state index contributed by atoms with van der Waals surface area (Å²) in [6.45, 7) is 8.86. The molecule has 0 bridgehead atoms. The maximum Gasteiger partial charge on any atom is 0.191 e. The van der Waals surface area contributed by atoms with E-state index in [1.807, 2.05) is 18.3 Å². The van der Waals surface area contributed by atoms with E-state index < -0.39 is 0 Å². The summed E-state index contributed by atoms with van der Waals surface area (Å²) in [5, 5.41) is 10.0. The number of guanidine groups is 1. The summed E-state index contributed by atoms with van der Waals surface area (Å²) in [5.74, 6) is 0.897. The van der Waals surface area contributed by atoms with E-state index in [9.17, 15) is 0 Å². The number of thiazole rings is 1. The molecule has 6 heteroatoms. The SMILES string of the molecule is CCNC(=NCc1ccc(CC)s1)NCCCc1nc(C)cs1. The summed E-state index contributed by atoms with van der Waals surface area (Å²) >= 11 is 3.60. The van der Waals surface area contributed by atoms with Crippen molar-refractivity contribution in [3.63, 3.8) is 0 Å². The molecule has 0 aromatic carbocycles. The van der Waals surface area contributed by atoms with Crippen LogP contribution >= 0.6 is 22.7 Å². The minimum atomic E-state index is 0.742. The Labute approximate surface area is 147 Å². The molecule has 0 unspecified atom stereocenters. The van der Waals surface area contributed by atoms with Gasteiger partial charge in [-0.25, -0.2) is 9.98 Å². The van der Waals surface area contributed by atoms with E-state index in [0.717, 1.165) is 50.6 Å². The maximum atomic E-state index is 4.67. The van der Waals surface area contributed by atoms with E-state index in [4.69, 9.17) is 0 Å². The topological polar surface area (TPSA) is 49.3 Å². The van der Waals surface area contributed by atoms with Gasteiger partial charge in [-0.15, -0.1) is 22.7 Å². The van der Waals surface area contributed by atoms with Gasteiger partial charge < -0.3 is 10.6 Å². The molecule has 23 heavy (non-hydrogen) atoms. The monoisotopic (exact) mass is 350 g/mol. The summed E-state index contributed by atoms with van der Waals surface area (Å²) in [7, 11) is 0. The molecule has 2 rings (SSSR count). The average molecular weight is 351 g/mol. The predicted molar refractivity (Wildman–Crippen MR) is 102 cm³/mol. The Kier molecular flexibility index (Phi) is 7.55. The first-order valence-corrected chi connectivity index (χ1v) is 9.91. The van der Waals surface area contributed by atoms with Gasteiger partial charge in [0.15, 0.2) is 5.96 Å². The highest BCUT2D eigenvalue weighted by Gasteiger charge is 2.02. The van der Waals surface area contributed by atoms with Crippen molar-refractivity contribution in [3.05, 3.63) is 38.0 Å². The van der Waals surface area contributed by atoms with E-state index >= 15 is 0 Å². The maximum absolute atomic E-state index is 4.67. The van der Waals surface area contributed by atoms with Crippen molar-refractivity contribution in [1.82, 2.24) is 15.6 Å². The molecule has 0 aliphatic carbocycles. The van der Waals surface area contributed by atoms with Crippen molar-refractivity contribution in [3.8, 4) is 0 Å². The third kappa shape index (κ3) is 6.31. The number of aliphatic imine (C=N–C) groups is 1. The summed E-state index contributed by atoms with van der Waals surface area (Å²) in [6, 6.07) is 4.38. The summed E-state index contributed by atoms with van der Waals surface area (Å²) in [5.41, 5.74) is 1.12. The van der Waals surface area contributed by atoms with Gasteiger partial charge in [-0.3, -0.25) is 0 Å². The van der Waals surface area contributed by atoms with Gasteiger partial charge in [0.25, 0.3) is 0 Å². The summed E-state index contributed by atoms with van der Waals surface area (Å²) < 4.78 is 0. The van der Waals surface area contributed by atoms with Crippen molar-refractivity contribution < 1.29 is 0 Å². The molecule has 126 valence electrons. The predicted octanol–water partition coefficient (Wildman–Crippen LogP) is 3.76. The number of aromatic nitrogens is 1. The number of hydrogen-bond acceptors (Lipinski definition) is 4. The minimum Gasteiger partial charge on any atom is -0.357 e. The second-order valence-corrected chi connectivity index (χ2v) is 7.53. The van der Waals surface area contributed by atoms with Gasteiger partial charge >= 0.3 is 0 Å². The molecule has 0 spiro atoms. The number of thiophene rings is 1. The molecule has 2 N–H and O–H groups in total. The van der Waals surface area contributed by atoms with E-state index in [2.05, 4.69) is 52.0 Å². The zero-order chi connectivity index (χ0) is 16.5. The lowest BCUT2D eigenvalue weighted by Gasteiger charge is -2.10. The lowest BCUT2D eigenvalue weighted by atomic mass is 10.3. The number of nitrogens with zero attached hydrogens (tertiary/aromatic N) is 2. The van der Waals surface area contributed by atoms with E-state index in [-0.39, 0.29) is 0 Å². The van der Waals surface area contributed by atoms with Crippen LogP contribution in [0.1, 0.15) is 40.7 Å². The van der Waals surface area contributed by atoms with Gasteiger partial charge in [-0.2, -0.15) is 0 Å². The van der Waals surface area contributed by atoms with Gasteiger partial charge in [-0.05, 0) is 38.8 Å². The van der Waals surface area contributed by atoms with Crippen molar-refractivity contribution >= 4 is 28.6 Å². The fourth-order valence-corrected chi connectivity index (χ4v) is 3.86. The van der Waals surface area contributed by atoms with Crippen molar-refractivity contribution in [2.75, 3.05) is 13.1 Å². The van der Waals surface area contributed by atoms with Crippen LogP contribution in [0.2, 0.25) is 0 Å². The highest BCUT2D eigenvalue weighted by Crippen LogP contribution is 2.17. The van der Waals surface area contributed by atoms with Gasteiger partial charge in [0.1, 0.15) is 0 Å². The molecular formula is C17H26N4S2. The quantitative estimate of drug-likeness (QED) is 0.433. The van der Waals surface area contributed by atoms with Gasteiger partial charge in [0.2, 0.25) is 0 Å². The second kappa shape index (κ2) is 9.67. The Morgan fingerprint density at radius 1 is 1.22 bits per heavy atom. The van der Waals surface area contributed by atoms with Crippen LogP contribution in [0.15, 0.2) is 22.5 Å². The molecule has 4 nitrogen and oxygen atoms in total. The van der Waals surface area contributed by atoms with Crippen molar-refractivity contribution in [2.45, 2.75) is 46.6 Å². The zero-order valence-corrected chi connectivity index (χ0v) is 15.8.